The second-order valence-electron chi connectivity index (χ2n) is 11.3. The molecule has 218 valence electrons. The van der Waals surface area contributed by atoms with Crippen molar-refractivity contribution in [2.75, 3.05) is 6.61 Å². The molecule has 1 atom stereocenters. The second kappa shape index (κ2) is 31.4. The zero-order valence-corrected chi connectivity index (χ0v) is 28.2. The first-order chi connectivity index (χ1) is 17.5. The number of hydrogen-bond acceptors (Lipinski definition) is 4. The van der Waals surface area contributed by atoms with Gasteiger partial charge in [-0.15, -0.1) is 0 Å². The molecule has 0 saturated carbocycles. The molecule has 0 bridgehead atoms. The first kappa shape index (κ1) is 40.0. The van der Waals surface area contributed by atoms with Crippen LogP contribution in [0.25, 0.3) is 0 Å². The van der Waals surface area contributed by atoms with E-state index in [-0.39, 0.29) is 42.1 Å². The Morgan fingerprint density at radius 3 is 0.973 bits per heavy atom. The van der Waals surface area contributed by atoms with E-state index < -0.39 is 10.4 Å². The Hall–Kier alpha value is 0.870. The van der Waals surface area contributed by atoms with Gasteiger partial charge in [0.2, 0.25) is 10.4 Å². The molecule has 0 aliphatic rings. The van der Waals surface area contributed by atoms with E-state index in [1.165, 1.54) is 148 Å². The molecule has 0 spiro atoms. The van der Waals surface area contributed by atoms with E-state index in [9.17, 15) is 13.0 Å². The van der Waals surface area contributed by atoms with Crippen molar-refractivity contribution in [3.8, 4) is 0 Å². The third kappa shape index (κ3) is 34.8. The molecular formula is C31H63NaO4S. The van der Waals surface area contributed by atoms with Crippen LogP contribution in [0.3, 0.4) is 0 Å². The van der Waals surface area contributed by atoms with Gasteiger partial charge in [0.1, 0.15) is 0 Å². The molecule has 0 fully saturated rings. The summed E-state index contributed by atoms with van der Waals surface area (Å²) in [5.41, 5.74) is 0. The molecule has 0 amide bonds. The Balaban J connectivity index is 0. The van der Waals surface area contributed by atoms with E-state index in [0.717, 1.165) is 25.7 Å². The van der Waals surface area contributed by atoms with Crippen LogP contribution in [0.2, 0.25) is 0 Å². The number of unbranched alkanes of at least 4 members (excludes halogenated alkanes) is 23. The molecule has 0 aromatic carbocycles. The van der Waals surface area contributed by atoms with Crippen molar-refractivity contribution in [1.29, 1.82) is 0 Å². The average molecular weight is 555 g/mol. The standard InChI is InChI=1S/C31H64O4S.Na/c1-3-5-7-9-11-13-15-16-17-19-21-23-25-27-29-31(30-35-36(32,33)34)28-26-24-22-20-18-14-12-10-8-6-4-2;/h31H,3-30H2,1-2H3,(H,32,33,34);/q;+1/p-1. The fraction of sp³-hybridized carbons (Fsp3) is 1.00. The van der Waals surface area contributed by atoms with Crippen LogP contribution in [-0.4, -0.2) is 19.6 Å². The SMILES string of the molecule is CCCCCCCCCCCCCCCCC(CCCCCCCCCCCCC)COS(=O)(=O)[O-].[Na+]. The van der Waals surface area contributed by atoms with E-state index in [0.29, 0.717) is 0 Å². The van der Waals surface area contributed by atoms with Gasteiger partial charge in [-0.1, -0.05) is 174 Å². The minimum atomic E-state index is -4.58. The molecule has 0 saturated heterocycles. The molecule has 0 heterocycles. The third-order valence-corrected chi connectivity index (χ3v) is 8.05. The first-order valence-electron chi connectivity index (χ1n) is 16.1. The normalized spacial score (nSPS) is 12.5. The summed E-state index contributed by atoms with van der Waals surface area (Å²) in [5.74, 6) is 0.199. The van der Waals surface area contributed by atoms with Crippen molar-refractivity contribution >= 4 is 10.4 Å². The van der Waals surface area contributed by atoms with E-state index >= 15 is 0 Å². The number of rotatable bonds is 30. The molecule has 0 aliphatic heterocycles. The zero-order valence-electron chi connectivity index (χ0n) is 25.4. The smallest absolute Gasteiger partial charge is 0.726 e. The van der Waals surface area contributed by atoms with Crippen LogP contribution in [0, 0.1) is 5.92 Å². The summed E-state index contributed by atoms with van der Waals surface area (Å²) in [6.45, 7) is 4.60. The topological polar surface area (TPSA) is 66.4 Å². The van der Waals surface area contributed by atoms with Crippen molar-refractivity contribution in [2.45, 2.75) is 187 Å². The zero-order chi connectivity index (χ0) is 26.6. The van der Waals surface area contributed by atoms with Crippen LogP contribution in [0.15, 0.2) is 0 Å². The molecule has 0 aliphatic carbocycles. The minimum absolute atomic E-state index is 0. The molecular weight excluding hydrogens is 491 g/mol. The second-order valence-corrected chi connectivity index (χ2v) is 12.3. The average Bonchev–Trinajstić information content (AvgIpc) is 2.84. The van der Waals surface area contributed by atoms with E-state index in [1.54, 1.807) is 0 Å². The van der Waals surface area contributed by atoms with Crippen LogP contribution in [0.1, 0.15) is 187 Å². The van der Waals surface area contributed by atoms with E-state index in [4.69, 9.17) is 0 Å². The molecule has 0 N–H and O–H groups in total. The van der Waals surface area contributed by atoms with Gasteiger partial charge in [0.25, 0.3) is 0 Å². The summed E-state index contributed by atoms with van der Waals surface area (Å²) < 4.78 is 37.4. The number of hydrogen-bond donors (Lipinski definition) is 0. The maximum absolute atomic E-state index is 10.9. The largest absolute Gasteiger partial charge is 1.00 e. The fourth-order valence-corrected chi connectivity index (χ4v) is 5.57. The Morgan fingerprint density at radius 1 is 0.486 bits per heavy atom. The molecule has 37 heavy (non-hydrogen) atoms. The Bertz CT molecular complexity index is 527. The van der Waals surface area contributed by atoms with E-state index in [1.807, 2.05) is 0 Å². The Morgan fingerprint density at radius 2 is 0.730 bits per heavy atom. The van der Waals surface area contributed by atoms with Gasteiger partial charge in [-0.05, 0) is 18.8 Å². The van der Waals surface area contributed by atoms with Gasteiger partial charge in [0.05, 0.1) is 6.61 Å². The minimum Gasteiger partial charge on any atom is -0.726 e. The predicted octanol–water partition coefficient (Wildman–Crippen LogP) is 7.66. The molecule has 0 aromatic rings. The summed E-state index contributed by atoms with van der Waals surface area (Å²) >= 11 is 0. The molecule has 0 rings (SSSR count). The summed E-state index contributed by atoms with van der Waals surface area (Å²) in [6.07, 6.45) is 35.1. The predicted molar refractivity (Wildman–Crippen MR) is 155 cm³/mol. The van der Waals surface area contributed by atoms with Crippen LogP contribution in [0.5, 0.6) is 0 Å². The molecule has 6 heteroatoms. The van der Waals surface area contributed by atoms with Gasteiger partial charge in [-0.25, -0.2) is 8.42 Å². The van der Waals surface area contributed by atoms with E-state index in [2.05, 4.69) is 18.0 Å². The Kier molecular flexibility index (Phi) is 34.0. The monoisotopic (exact) mass is 554 g/mol. The summed E-state index contributed by atoms with van der Waals surface area (Å²) in [5, 5.41) is 0. The first-order valence-corrected chi connectivity index (χ1v) is 17.4. The van der Waals surface area contributed by atoms with Gasteiger partial charge in [-0.2, -0.15) is 0 Å². The van der Waals surface area contributed by atoms with Crippen molar-refractivity contribution < 1.29 is 46.7 Å². The van der Waals surface area contributed by atoms with Gasteiger partial charge in [-0.3, -0.25) is 4.18 Å². The van der Waals surface area contributed by atoms with Gasteiger partial charge in [0.15, 0.2) is 0 Å². The maximum atomic E-state index is 10.9. The molecule has 1 unspecified atom stereocenters. The van der Waals surface area contributed by atoms with Crippen molar-refractivity contribution in [2.24, 2.45) is 5.92 Å². The summed E-state index contributed by atoms with van der Waals surface area (Å²) in [6, 6.07) is 0. The fourth-order valence-electron chi connectivity index (χ4n) is 5.22. The maximum Gasteiger partial charge on any atom is 1.00 e. The van der Waals surface area contributed by atoms with Crippen LogP contribution < -0.4 is 29.6 Å². The Labute approximate surface area is 255 Å². The molecule has 4 nitrogen and oxygen atoms in total. The van der Waals surface area contributed by atoms with Crippen LogP contribution in [-0.2, 0) is 14.6 Å². The summed E-state index contributed by atoms with van der Waals surface area (Å²) in [4.78, 5) is 0. The molecule has 0 radical (unpaired) electrons. The van der Waals surface area contributed by atoms with Crippen molar-refractivity contribution in [1.82, 2.24) is 0 Å². The molecule has 0 aromatic heterocycles. The van der Waals surface area contributed by atoms with Gasteiger partial charge in [0, 0.05) is 0 Å². The van der Waals surface area contributed by atoms with Crippen molar-refractivity contribution in [3.05, 3.63) is 0 Å². The van der Waals surface area contributed by atoms with Gasteiger partial charge >= 0.3 is 29.6 Å². The third-order valence-electron chi connectivity index (χ3n) is 7.63. The summed E-state index contributed by atoms with van der Waals surface area (Å²) in [7, 11) is -4.58. The van der Waals surface area contributed by atoms with Crippen molar-refractivity contribution in [3.63, 3.8) is 0 Å². The quantitative estimate of drug-likeness (QED) is 0.0396. The van der Waals surface area contributed by atoms with Crippen LogP contribution >= 0.6 is 0 Å². The van der Waals surface area contributed by atoms with Crippen LogP contribution in [0.4, 0.5) is 0 Å². The van der Waals surface area contributed by atoms with Gasteiger partial charge < -0.3 is 4.55 Å².